The highest BCUT2D eigenvalue weighted by Crippen LogP contribution is 2.09. The van der Waals surface area contributed by atoms with Crippen LogP contribution in [-0.2, 0) is 19.5 Å². The first-order valence-electron chi connectivity index (χ1n) is 8.01. The smallest absolute Gasteiger partial charge is 0.191 e. The summed E-state index contributed by atoms with van der Waals surface area (Å²) in [5.74, 6) is 0.810. The minimum Gasteiger partial charge on any atom is -0.356 e. The summed E-state index contributed by atoms with van der Waals surface area (Å²) in [4.78, 5) is 8.79. The summed E-state index contributed by atoms with van der Waals surface area (Å²) >= 11 is 1.71. The molecule has 0 spiro atoms. The van der Waals surface area contributed by atoms with Gasteiger partial charge in [0.25, 0.3) is 0 Å². The molecule has 23 heavy (non-hydrogen) atoms. The molecule has 126 valence electrons. The van der Waals surface area contributed by atoms with Crippen LogP contribution in [0.3, 0.4) is 0 Å². The van der Waals surface area contributed by atoms with Gasteiger partial charge < -0.3 is 10.6 Å². The van der Waals surface area contributed by atoms with Crippen molar-refractivity contribution >= 4 is 17.3 Å². The van der Waals surface area contributed by atoms with E-state index in [1.54, 1.807) is 18.4 Å². The summed E-state index contributed by atoms with van der Waals surface area (Å²) in [5.41, 5.74) is 3.35. The summed E-state index contributed by atoms with van der Waals surface area (Å²) in [7, 11) is 1.79. The largest absolute Gasteiger partial charge is 0.356 e. The monoisotopic (exact) mass is 334 g/mol. The van der Waals surface area contributed by atoms with Crippen LogP contribution >= 0.6 is 11.3 Å². The highest BCUT2D eigenvalue weighted by molar-refractivity contribution is 7.09. The van der Waals surface area contributed by atoms with Gasteiger partial charge in [-0.3, -0.25) is 9.67 Å². The van der Waals surface area contributed by atoms with E-state index in [4.69, 9.17) is 0 Å². The van der Waals surface area contributed by atoms with Crippen molar-refractivity contribution in [2.75, 3.05) is 13.6 Å². The van der Waals surface area contributed by atoms with E-state index in [9.17, 15) is 0 Å². The number of aliphatic imine (C=N–C) groups is 1. The summed E-state index contributed by atoms with van der Waals surface area (Å²) in [5, 5.41) is 14.4. The Morgan fingerprint density at radius 3 is 2.78 bits per heavy atom. The minimum atomic E-state index is 0.702. The topological polar surface area (TPSA) is 67.1 Å². The molecule has 0 aliphatic carbocycles. The third-order valence-corrected chi connectivity index (χ3v) is 4.55. The van der Waals surface area contributed by atoms with Crippen LogP contribution in [0.5, 0.6) is 0 Å². The van der Waals surface area contributed by atoms with Crippen molar-refractivity contribution in [1.29, 1.82) is 0 Å². The second kappa shape index (κ2) is 8.67. The lowest BCUT2D eigenvalue weighted by atomic mass is 10.4. The molecule has 2 aromatic heterocycles. The Bertz CT molecular complexity index is 643. The fraction of sp³-hybridized carbons (Fsp3) is 0.562. The Morgan fingerprint density at radius 2 is 2.17 bits per heavy atom. The molecule has 0 amide bonds. The molecule has 0 aromatic carbocycles. The Labute approximate surface area is 142 Å². The van der Waals surface area contributed by atoms with Crippen LogP contribution in [0.1, 0.15) is 35.4 Å². The molecule has 0 fully saturated rings. The van der Waals surface area contributed by atoms with Crippen LogP contribution in [0.25, 0.3) is 0 Å². The molecular formula is C16H26N6S. The van der Waals surface area contributed by atoms with Gasteiger partial charge in [0.1, 0.15) is 0 Å². The molecule has 0 atom stereocenters. The molecule has 0 aliphatic heterocycles. The maximum Gasteiger partial charge on any atom is 0.191 e. The van der Waals surface area contributed by atoms with Crippen molar-refractivity contribution in [1.82, 2.24) is 25.4 Å². The molecule has 0 saturated carbocycles. The van der Waals surface area contributed by atoms with Gasteiger partial charge >= 0.3 is 0 Å². The average Bonchev–Trinajstić information content (AvgIpc) is 3.12. The second-order valence-electron chi connectivity index (χ2n) is 5.44. The van der Waals surface area contributed by atoms with Gasteiger partial charge in [-0.2, -0.15) is 5.10 Å². The van der Waals surface area contributed by atoms with E-state index in [2.05, 4.69) is 55.7 Å². The lowest BCUT2D eigenvalue weighted by Gasteiger charge is -2.11. The van der Waals surface area contributed by atoms with Crippen LogP contribution < -0.4 is 10.6 Å². The molecule has 0 saturated heterocycles. The molecule has 7 heteroatoms. The fourth-order valence-electron chi connectivity index (χ4n) is 2.32. The zero-order valence-corrected chi connectivity index (χ0v) is 15.2. The molecule has 2 rings (SSSR count). The maximum atomic E-state index is 4.54. The minimum absolute atomic E-state index is 0.702. The lowest BCUT2D eigenvalue weighted by molar-refractivity contribution is 0.555. The van der Waals surface area contributed by atoms with E-state index in [0.29, 0.717) is 6.54 Å². The number of guanidine groups is 1. The molecule has 0 unspecified atom stereocenters. The first-order chi connectivity index (χ1) is 11.1. The molecule has 2 heterocycles. The lowest BCUT2D eigenvalue weighted by Crippen LogP contribution is -2.37. The molecule has 6 nitrogen and oxygen atoms in total. The predicted molar refractivity (Wildman–Crippen MR) is 96.0 cm³/mol. The van der Waals surface area contributed by atoms with Crippen molar-refractivity contribution in [2.24, 2.45) is 4.99 Å². The van der Waals surface area contributed by atoms with E-state index in [1.165, 1.54) is 10.7 Å². The maximum absolute atomic E-state index is 4.54. The van der Waals surface area contributed by atoms with Crippen molar-refractivity contribution in [3.63, 3.8) is 0 Å². The van der Waals surface area contributed by atoms with Crippen LogP contribution in [0.2, 0.25) is 0 Å². The average molecular weight is 334 g/mol. The van der Waals surface area contributed by atoms with Gasteiger partial charge in [-0.25, -0.2) is 4.98 Å². The van der Waals surface area contributed by atoms with Gasteiger partial charge in [-0.1, -0.05) is 6.92 Å². The van der Waals surface area contributed by atoms with E-state index in [0.717, 1.165) is 43.3 Å². The molecule has 2 N–H and O–H groups in total. The molecular weight excluding hydrogens is 308 g/mol. The molecule has 0 radical (unpaired) electrons. The Hall–Kier alpha value is -1.89. The Morgan fingerprint density at radius 1 is 1.35 bits per heavy atom. The molecule has 0 aliphatic rings. The number of thiazole rings is 1. The third-order valence-electron chi connectivity index (χ3n) is 3.50. The van der Waals surface area contributed by atoms with Gasteiger partial charge in [0.05, 0.1) is 22.9 Å². The SMILES string of the molecule is CCc1nc(CNC(=NC)NCCCn2nc(C)cc2C)cs1. The Balaban J connectivity index is 1.69. The van der Waals surface area contributed by atoms with E-state index >= 15 is 0 Å². The van der Waals surface area contributed by atoms with Gasteiger partial charge in [0.2, 0.25) is 0 Å². The normalized spacial score (nSPS) is 11.7. The summed E-state index contributed by atoms with van der Waals surface area (Å²) in [6.45, 7) is 8.71. The number of hydrogen-bond acceptors (Lipinski definition) is 4. The van der Waals surface area contributed by atoms with Crippen molar-refractivity contribution in [3.05, 3.63) is 33.5 Å². The highest BCUT2D eigenvalue weighted by Gasteiger charge is 2.03. The second-order valence-corrected chi connectivity index (χ2v) is 6.39. The third kappa shape index (κ3) is 5.35. The zero-order valence-electron chi connectivity index (χ0n) is 14.4. The van der Waals surface area contributed by atoms with E-state index in [1.807, 2.05) is 6.92 Å². The van der Waals surface area contributed by atoms with Crippen LogP contribution in [-0.4, -0.2) is 34.3 Å². The number of nitrogens with zero attached hydrogens (tertiary/aromatic N) is 4. The predicted octanol–water partition coefficient (Wildman–Crippen LogP) is 2.27. The highest BCUT2D eigenvalue weighted by atomic mass is 32.1. The Kier molecular flexibility index (Phi) is 6.58. The number of hydrogen-bond donors (Lipinski definition) is 2. The van der Waals surface area contributed by atoms with Crippen LogP contribution in [0.4, 0.5) is 0 Å². The van der Waals surface area contributed by atoms with Crippen molar-refractivity contribution in [2.45, 2.75) is 46.7 Å². The van der Waals surface area contributed by atoms with Crippen molar-refractivity contribution < 1.29 is 0 Å². The first-order valence-corrected chi connectivity index (χ1v) is 8.89. The van der Waals surface area contributed by atoms with Crippen LogP contribution in [0, 0.1) is 13.8 Å². The molecule has 2 aromatic rings. The van der Waals surface area contributed by atoms with E-state index < -0.39 is 0 Å². The first kappa shape index (κ1) is 17.5. The summed E-state index contributed by atoms with van der Waals surface area (Å²) in [6.07, 6.45) is 1.99. The van der Waals surface area contributed by atoms with Crippen LogP contribution in [0.15, 0.2) is 16.4 Å². The number of aromatic nitrogens is 3. The van der Waals surface area contributed by atoms with Gasteiger partial charge in [0.15, 0.2) is 5.96 Å². The number of rotatable bonds is 7. The number of aryl methyl sites for hydroxylation is 4. The zero-order chi connectivity index (χ0) is 16.7. The van der Waals surface area contributed by atoms with Crippen molar-refractivity contribution in [3.8, 4) is 0 Å². The molecule has 0 bridgehead atoms. The number of nitrogens with one attached hydrogen (secondary N) is 2. The van der Waals surface area contributed by atoms with Gasteiger partial charge in [0, 0.05) is 31.2 Å². The van der Waals surface area contributed by atoms with Gasteiger partial charge in [-0.15, -0.1) is 11.3 Å². The summed E-state index contributed by atoms with van der Waals surface area (Å²) in [6, 6.07) is 2.10. The fourth-order valence-corrected chi connectivity index (χ4v) is 3.07. The van der Waals surface area contributed by atoms with E-state index in [-0.39, 0.29) is 0 Å². The standard InChI is InChI=1S/C16H26N6S/c1-5-15-20-14(11-23-15)10-19-16(17-4)18-7-6-8-22-13(3)9-12(2)21-22/h9,11H,5-8,10H2,1-4H3,(H2,17,18,19). The summed E-state index contributed by atoms with van der Waals surface area (Å²) < 4.78 is 2.05. The van der Waals surface area contributed by atoms with Gasteiger partial charge in [-0.05, 0) is 32.8 Å². The quantitative estimate of drug-likeness (QED) is 0.463.